The number of carbonyl (C=O) groups is 3. The molecule has 0 radical (unpaired) electrons. The predicted octanol–water partition coefficient (Wildman–Crippen LogP) is 1.33. The number of hydrogen-bond acceptors (Lipinski definition) is 4. The first-order valence-electron chi connectivity index (χ1n) is 6.32. The van der Waals surface area contributed by atoms with E-state index in [0.29, 0.717) is 11.1 Å². The molecule has 1 heterocycles. The van der Waals surface area contributed by atoms with E-state index in [1.165, 1.54) is 0 Å². The molecule has 0 saturated heterocycles. The maximum Gasteiger partial charge on any atom is 0.335 e. The zero-order valence-electron chi connectivity index (χ0n) is 11.2. The Balaban J connectivity index is 2.18. The summed E-state index contributed by atoms with van der Waals surface area (Å²) in [6.07, 6.45) is 0.151. The van der Waals surface area contributed by atoms with E-state index in [0.717, 1.165) is 4.90 Å². The SMILES string of the molecule is C=C(CN1C(=O)Cc2ccccc2C1=O)C(=O)OCC. The standard InChI is InChI=1S/C15H15NO4/c1-3-20-15(19)10(2)9-16-13(17)8-11-6-4-5-7-12(11)14(16)18/h4-7H,2-3,8-9H2,1H3. The highest BCUT2D eigenvalue weighted by Gasteiger charge is 2.31. The van der Waals surface area contributed by atoms with Gasteiger partial charge in [-0.25, -0.2) is 4.79 Å². The van der Waals surface area contributed by atoms with Crippen LogP contribution in [0, 0.1) is 0 Å². The maximum absolute atomic E-state index is 12.3. The Bertz CT molecular complexity index is 591. The van der Waals surface area contributed by atoms with Crippen LogP contribution in [0.3, 0.4) is 0 Å². The molecule has 0 aromatic heterocycles. The number of carbonyl (C=O) groups excluding carboxylic acids is 3. The molecule has 0 aliphatic carbocycles. The average molecular weight is 273 g/mol. The largest absolute Gasteiger partial charge is 0.463 e. The predicted molar refractivity (Wildman–Crippen MR) is 72.0 cm³/mol. The second kappa shape index (κ2) is 5.69. The van der Waals surface area contributed by atoms with Crippen molar-refractivity contribution in [1.29, 1.82) is 0 Å². The number of nitrogens with zero attached hydrogens (tertiary/aromatic N) is 1. The Hall–Kier alpha value is -2.43. The molecule has 2 amide bonds. The van der Waals surface area contributed by atoms with Gasteiger partial charge < -0.3 is 4.74 Å². The molecule has 5 heteroatoms. The summed E-state index contributed by atoms with van der Waals surface area (Å²) < 4.78 is 4.80. The van der Waals surface area contributed by atoms with Crippen molar-refractivity contribution in [2.24, 2.45) is 0 Å². The van der Waals surface area contributed by atoms with Gasteiger partial charge in [-0.3, -0.25) is 14.5 Å². The molecule has 0 bridgehead atoms. The van der Waals surface area contributed by atoms with Gasteiger partial charge in [-0.05, 0) is 18.6 Å². The summed E-state index contributed by atoms with van der Waals surface area (Å²) >= 11 is 0. The van der Waals surface area contributed by atoms with Crippen LogP contribution < -0.4 is 0 Å². The van der Waals surface area contributed by atoms with Crippen molar-refractivity contribution in [3.05, 3.63) is 47.5 Å². The van der Waals surface area contributed by atoms with Gasteiger partial charge in [-0.1, -0.05) is 24.8 Å². The van der Waals surface area contributed by atoms with Crippen LogP contribution >= 0.6 is 0 Å². The zero-order chi connectivity index (χ0) is 14.7. The molecule has 1 aromatic rings. The average Bonchev–Trinajstić information content (AvgIpc) is 2.43. The van der Waals surface area contributed by atoms with E-state index < -0.39 is 11.9 Å². The first kappa shape index (κ1) is 14.0. The van der Waals surface area contributed by atoms with Crippen LogP contribution in [0.2, 0.25) is 0 Å². The minimum Gasteiger partial charge on any atom is -0.463 e. The maximum atomic E-state index is 12.3. The molecule has 0 unspecified atom stereocenters. The van der Waals surface area contributed by atoms with Gasteiger partial charge in [0.1, 0.15) is 0 Å². The molecule has 2 rings (SSSR count). The fourth-order valence-electron chi connectivity index (χ4n) is 2.05. The fourth-order valence-corrected chi connectivity index (χ4v) is 2.05. The van der Waals surface area contributed by atoms with Gasteiger partial charge in [-0.15, -0.1) is 0 Å². The molecule has 0 atom stereocenters. The van der Waals surface area contributed by atoms with Crippen molar-refractivity contribution in [1.82, 2.24) is 4.90 Å². The molecule has 0 N–H and O–H groups in total. The van der Waals surface area contributed by atoms with Gasteiger partial charge in [0.2, 0.25) is 5.91 Å². The van der Waals surface area contributed by atoms with E-state index >= 15 is 0 Å². The zero-order valence-corrected chi connectivity index (χ0v) is 11.2. The third-order valence-corrected chi connectivity index (χ3v) is 3.05. The van der Waals surface area contributed by atoms with Crippen molar-refractivity contribution in [2.45, 2.75) is 13.3 Å². The van der Waals surface area contributed by atoms with Crippen molar-refractivity contribution in [3.63, 3.8) is 0 Å². The molecule has 1 aliphatic heterocycles. The third kappa shape index (κ3) is 2.61. The van der Waals surface area contributed by atoms with Gasteiger partial charge in [0.25, 0.3) is 5.91 Å². The van der Waals surface area contributed by atoms with Crippen molar-refractivity contribution < 1.29 is 19.1 Å². The molecule has 0 spiro atoms. The molecule has 1 aliphatic rings. The number of esters is 1. The highest BCUT2D eigenvalue weighted by atomic mass is 16.5. The number of imide groups is 1. The van der Waals surface area contributed by atoms with Gasteiger partial charge in [0.15, 0.2) is 0 Å². The highest BCUT2D eigenvalue weighted by molar-refractivity contribution is 6.10. The molecule has 104 valence electrons. The van der Waals surface area contributed by atoms with Gasteiger partial charge >= 0.3 is 5.97 Å². The second-order valence-electron chi connectivity index (χ2n) is 4.44. The summed E-state index contributed by atoms with van der Waals surface area (Å²) in [5.74, 6) is -1.33. The van der Waals surface area contributed by atoms with E-state index in [9.17, 15) is 14.4 Å². The van der Waals surface area contributed by atoms with Crippen molar-refractivity contribution in [3.8, 4) is 0 Å². The van der Waals surface area contributed by atoms with Gasteiger partial charge in [0.05, 0.1) is 19.6 Å². The quantitative estimate of drug-likeness (QED) is 0.471. The number of benzene rings is 1. The number of rotatable bonds is 4. The summed E-state index contributed by atoms with van der Waals surface area (Å²) in [5, 5.41) is 0. The normalized spacial score (nSPS) is 13.9. The first-order chi connectivity index (χ1) is 9.54. The number of ether oxygens (including phenoxy) is 1. The van der Waals surface area contributed by atoms with E-state index in [1.807, 2.05) is 0 Å². The lowest BCUT2D eigenvalue weighted by atomic mass is 9.98. The van der Waals surface area contributed by atoms with Crippen LogP contribution in [0.1, 0.15) is 22.8 Å². The van der Waals surface area contributed by atoms with Crippen LogP contribution in [0.5, 0.6) is 0 Å². The third-order valence-electron chi connectivity index (χ3n) is 3.05. The fraction of sp³-hybridized carbons (Fsp3) is 0.267. The summed E-state index contributed by atoms with van der Waals surface area (Å²) in [5.41, 5.74) is 1.29. The molecule has 0 fully saturated rings. The smallest absolute Gasteiger partial charge is 0.335 e. The second-order valence-corrected chi connectivity index (χ2v) is 4.44. The first-order valence-corrected chi connectivity index (χ1v) is 6.32. The Morgan fingerprint density at radius 3 is 2.75 bits per heavy atom. The number of fused-ring (bicyclic) bond motifs is 1. The minimum atomic E-state index is -0.591. The molecular formula is C15H15NO4. The van der Waals surface area contributed by atoms with E-state index in [2.05, 4.69) is 6.58 Å². The van der Waals surface area contributed by atoms with Crippen LogP contribution in [-0.4, -0.2) is 35.8 Å². The lowest BCUT2D eigenvalue weighted by Gasteiger charge is -2.26. The molecule has 0 saturated carbocycles. The number of amides is 2. The van der Waals surface area contributed by atoms with Crippen LogP contribution in [-0.2, 0) is 20.7 Å². The van der Waals surface area contributed by atoms with E-state index in [1.54, 1.807) is 31.2 Å². The van der Waals surface area contributed by atoms with Crippen LogP contribution in [0.4, 0.5) is 0 Å². The minimum absolute atomic E-state index is 0.0907. The lowest BCUT2D eigenvalue weighted by molar-refractivity contribution is -0.138. The molecule has 5 nitrogen and oxygen atoms in total. The Morgan fingerprint density at radius 1 is 1.35 bits per heavy atom. The summed E-state index contributed by atoms with van der Waals surface area (Å²) in [6.45, 7) is 5.34. The van der Waals surface area contributed by atoms with E-state index in [4.69, 9.17) is 4.74 Å². The topological polar surface area (TPSA) is 63.7 Å². The summed E-state index contributed by atoms with van der Waals surface area (Å²) in [6, 6.07) is 6.95. The van der Waals surface area contributed by atoms with Crippen LogP contribution in [0.15, 0.2) is 36.4 Å². The van der Waals surface area contributed by atoms with Crippen molar-refractivity contribution >= 4 is 17.8 Å². The summed E-state index contributed by atoms with van der Waals surface area (Å²) in [4.78, 5) is 36.8. The number of hydrogen-bond donors (Lipinski definition) is 0. The Kier molecular flexibility index (Phi) is 3.98. The molecule has 1 aromatic carbocycles. The monoisotopic (exact) mass is 273 g/mol. The van der Waals surface area contributed by atoms with Crippen molar-refractivity contribution in [2.75, 3.05) is 13.2 Å². The lowest BCUT2D eigenvalue weighted by Crippen LogP contribution is -2.44. The molecule has 20 heavy (non-hydrogen) atoms. The summed E-state index contributed by atoms with van der Waals surface area (Å²) in [7, 11) is 0. The van der Waals surface area contributed by atoms with E-state index in [-0.39, 0.29) is 31.1 Å². The Morgan fingerprint density at radius 2 is 2.05 bits per heavy atom. The molecular weight excluding hydrogens is 258 g/mol. The Labute approximate surface area is 116 Å². The highest BCUT2D eigenvalue weighted by Crippen LogP contribution is 2.20. The van der Waals surface area contributed by atoms with Crippen LogP contribution in [0.25, 0.3) is 0 Å². The van der Waals surface area contributed by atoms with Gasteiger partial charge in [0, 0.05) is 11.1 Å². The van der Waals surface area contributed by atoms with Gasteiger partial charge in [-0.2, -0.15) is 0 Å².